The molecule has 4 aromatic carbocycles. The van der Waals surface area contributed by atoms with Gasteiger partial charge in [0.15, 0.2) is 0 Å². The van der Waals surface area contributed by atoms with Gasteiger partial charge in [0.25, 0.3) is 11.8 Å². The van der Waals surface area contributed by atoms with Crippen LogP contribution in [-0.2, 0) is 41.6 Å². The third-order valence-corrected chi connectivity index (χ3v) is 19.5. The molecule has 8 N–H and O–H groups in total. The lowest BCUT2D eigenvalue weighted by molar-refractivity contribution is -0.143. The molecule has 0 bridgehead atoms. The number of likely N-dealkylation sites (tertiary alicyclic amines) is 2. The van der Waals surface area contributed by atoms with Crippen LogP contribution in [0, 0.1) is 11.8 Å². The number of hydrogen-bond donors (Lipinski definition) is 8. The Morgan fingerprint density at radius 2 is 0.814 bits per heavy atom. The minimum absolute atomic E-state index is 0.0832. The summed E-state index contributed by atoms with van der Waals surface area (Å²) in [7, 11) is 3.40. The summed E-state index contributed by atoms with van der Waals surface area (Å²) in [6, 6.07) is 24.5. The van der Waals surface area contributed by atoms with E-state index in [0.29, 0.717) is 11.1 Å². The van der Waals surface area contributed by atoms with Crippen molar-refractivity contribution in [3.05, 3.63) is 130 Å². The monoisotopic (exact) mass is 1170 g/mol. The maximum Gasteiger partial charge on any atom is 0.251 e. The van der Waals surface area contributed by atoms with E-state index in [1.165, 1.54) is 11.1 Å². The molecule has 0 aromatic heterocycles. The van der Waals surface area contributed by atoms with E-state index in [2.05, 4.69) is 66.8 Å². The van der Waals surface area contributed by atoms with E-state index in [1.54, 1.807) is 62.0 Å². The van der Waals surface area contributed by atoms with E-state index in [4.69, 9.17) is 0 Å². The molecule has 10 rings (SSSR count). The highest BCUT2D eigenvalue weighted by Crippen LogP contribution is 2.35. The van der Waals surface area contributed by atoms with Crippen LogP contribution in [0.4, 0.5) is 0 Å². The Balaban J connectivity index is 0.808. The molecule has 4 fully saturated rings. The Kier molecular flexibility index (Phi) is 20.3. The van der Waals surface area contributed by atoms with Crippen molar-refractivity contribution < 1.29 is 38.4 Å². The van der Waals surface area contributed by atoms with Crippen molar-refractivity contribution in [3.8, 4) is 11.1 Å². The smallest absolute Gasteiger partial charge is 0.251 e. The SMILES string of the molecule is CN[C@@H](C)C(=O)N[C@H](C(=O)N1C[C@@H](NC(=O)c2ccc(-c3ccc(C(=O)N[C@H]4C[C@@H](C(=O)N[C@@H]5CCCc6ccccc65)N(C(=O)[C@@H](NC(=O)[C@H](C)NC)C5CCCCC5)C4)cc3)cc2)C[C@H]1C(=O)N[C@@H]1CCCc2ccccc21)C1CCCCC1. The van der Waals surface area contributed by atoms with Crippen LogP contribution in [0.1, 0.15) is 172 Å². The third-order valence-electron chi connectivity index (χ3n) is 19.5. The second kappa shape index (κ2) is 28.4. The van der Waals surface area contributed by atoms with E-state index in [0.717, 1.165) is 125 Å². The fourth-order valence-corrected chi connectivity index (χ4v) is 14.2. The van der Waals surface area contributed by atoms with Gasteiger partial charge < -0.3 is 52.3 Å². The number of aryl methyl sites for hydroxylation is 2. The summed E-state index contributed by atoms with van der Waals surface area (Å²) < 4.78 is 0. The Bertz CT molecular complexity index is 2880. The second-order valence-corrected chi connectivity index (χ2v) is 25.1. The summed E-state index contributed by atoms with van der Waals surface area (Å²) in [6.45, 7) is 3.70. The molecule has 18 nitrogen and oxygen atoms in total. The highest BCUT2D eigenvalue weighted by Gasteiger charge is 2.47. The van der Waals surface area contributed by atoms with Crippen molar-refractivity contribution in [3.63, 3.8) is 0 Å². The lowest BCUT2D eigenvalue weighted by atomic mass is 9.83. The standard InChI is InChI=1S/C68H88N10O8/c1-41(69-3)61(79)75-59(47-19-7-5-8-20-47)67(85)77-39-51(37-57(77)65(83)73-55-27-15-23-45-17-11-13-25-53(45)55)71-63(81)49-33-29-43(30-34-49)44-31-35-50(36-32-44)64(82)72-52-38-58(66(84)74-56-28-16-24-46-18-12-14-26-54(46)56)78(40-52)68(86)60(48-21-9-6-10-22-48)76-62(80)42(2)70-4/h11-14,17-18,25-26,29-36,41-42,47-48,51-52,55-60,69-70H,5-10,15-16,19-24,27-28,37-40H2,1-4H3,(H,71,81)(H,72,82)(H,73,83)(H,74,84)(H,75,79)(H,76,80)/t41-,42-,51-,52-,55+,56+,57-,58-,59-,60-/m0/s1. The Morgan fingerprint density at radius 1 is 0.442 bits per heavy atom. The normalized spacial score (nSPS) is 23.7. The zero-order valence-corrected chi connectivity index (χ0v) is 50.5. The number of nitrogens with zero attached hydrogens (tertiary/aromatic N) is 2. The fourth-order valence-electron chi connectivity index (χ4n) is 14.2. The average Bonchev–Trinajstić information content (AvgIpc) is 3.16. The Morgan fingerprint density at radius 3 is 1.19 bits per heavy atom. The number of benzene rings is 4. The molecule has 86 heavy (non-hydrogen) atoms. The number of carbonyl (C=O) groups excluding carboxylic acids is 8. The van der Waals surface area contributed by atoms with Crippen LogP contribution in [0.15, 0.2) is 97.1 Å². The summed E-state index contributed by atoms with van der Waals surface area (Å²) in [5, 5.41) is 24.9. The molecule has 2 saturated carbocycles. The van der Waals surface area contributed by atoms with Crippen LogP contribution in [-0.4, -0.2) is 133 Å². The topological polar surface area (TPSA) is 239 Å². The lowest BCUT2D eigenvalue weighted by Crippen LogP contribution is -2.58. The number of nitrogens with one attached hydrogen (secondary N) is 8. The van der Waals surface area contributed by atoms with Crippen molar-refractivity contribution in [1.82, 2.24) is 52.3 Å². The highest BCUT2D eigenvalue weighted by molar-refractivity contribution is 5.98. The minimum atomic E-state index is -0.874. The molecule has 6 aliphatic rings. The van der Waals surface area contributed by atoms with Crippen LogP contribution in [0.5, 0.6) is 0 Å². The molecule has 2 saturated heterocycles. The lowest BCUT2D eigenvalue weighted by Gasteiger charge is -2.35. The molecular weight excluding hydrogens is 1080 g/mol. The zero-order valence-electron chi connectivity index (χ0n) is 50.5. The molecule has 2 aliphatic heterocycles. The summed E-state index contributed by atoms with van der Waals surface area (Å²) >= 11 is 0. The van der Waals surface area contributed by atoms with E-state index >= 15 is 0 Å². The molecule has 0 unspecified atom stereocenters. The van der Waals surface area contributed by atoms with Crippen LogP contribution in [0.3, 0.4) is 0 Å². The molecule has 4 aromatic rings. The van der Waals surface area contributed by atoms with Crippen molar-refractivity contribution >= 4 is 47.3 Å². The molecule has 18 heteroatoms. The predicted molar refractivity (Wildman–Crippen MR) is 329 cm³/mol. The first-order chi connectivity index (χ1) is 41.7. The van der Waals surface area contributed by atoms with Gasteiger partial charge in [-0.1, -0.05) is 111 Å². The van der Waals surface area contributed by atoms with Gasteiger partial charge in [0, 0.05) is 36.3 Å². The molecule has 10 atom stereocenters. The number of rotatable bonds is 19. The first-order valence-electron chi connectivity index (χ1n) is 31.8. The van der Waals surface area contributed by atoms with Crippen LogP contribution >= 0.6 is 0 Å². The molecular formula is C68H88N10O8. The zero-order chi connectivity index (χ0) is 60.4. The van der Waals surface area contributed by atoms with Gasteiger partial charge in [-0.05, 0) is 174 Å². The maximum absolute atomic E-state index is 14.9. The second-order valence-electron chi connectivity index (χ2n) is 25.1. The average molecular weight is 1170 g/mol. The summed E-state index contributed by atoms with van der Waals surface area (Å²) in [6.07, 6.45) is 14.7. The highest BCUT2D eigenvalue weighted by atomic mass is 16.2. The fraction of sp³-hybridized carbons (Fsp3) is 0.529. The van der Waals surface area contributed by atoms with Crippen LogP contribution in [0.25, 0.3) is 11.1 Å². The van der Waals surface area contributed by atoms with Crippen molar-refractivity contribution in [2.24, 2.45) is 11.8 Å². The maximum atomic E-state index is 14.9. The third kappa shape index (κ3) is 14.3. The number of fused-ring (bicyclic) bond motifs is 2. The van der Waals surface area contributed by atoms with E-state index in [9.17, 15) is 38.4 Å². The molecule has 4 aliphatic carbocycles. The van der Waals surface area contributed by atoms with Crippen LogP contribution in [0.2, 0.25) is 0 Å². The van der Waals surface area contributed by atoms with Gasteiger partial charge in [-0.2, -0.15) is 0 Å². The number of likely N-dealkylation sites (N-methyl/N-ethyl adjacent to an activating group) is 2. The molecule has 458 valence electrons. The molecule has 0 radical (unpaired) electrons. The van der Waals surface area contributed by atoms with Gasteiger partial charge in [0.1, 0.15) is 24.2 Å². The van der Waals surface area contributed by atoms with Crippen molar-refractivity contribution in [2.45, 2.75) is 190 Å². The van der Waals surface area contributed by atoms with E-state index in [1.807, 2.05) is 48.5 Å². The van der Waals surface area contributed by atoms with E-state index < -0.39 is 48.3 Å². The number of amides is 8. The van der Waals surface area contributed by atoms with Gasteiger partial charge in [-0.3, -0.25) is 38.4 Å². The van der Waals surface area contributed by atoms with Gasteiger partial charge in [0.05, 0.1) is 24.2 Å². The van der Waals surface area contributed by atoms with Gasteiger partial charge in [-0.25, -0.2) is 0 Å². The number of carbonyl (C=O) groups is 8. The van der Waals surface area contributed by atoms with Crippen LogP contribution < -0.4 is 42.5 Å². The first-order valence-corrected chi connectivity index (χ1v) is 31.8. The van der Waals surface area contributed by atoms with E-state index in [-0.39, 0.29) is 97.1 Å². The minimum Gasteiger partial charge on any atom is -0.347 e. The first kappa shape index (κ1) is 61.6. The summed E-state index contributed by atoms with van der Waals surface area (Å²) in [5.74, 6) is -2.63. The Labute approximate surface area is 506 Å². The summed E-state index contributed by atoms with van der Waals surface area (Å²) in [4.78, 5) is 117. The van der Waals surface area contributed by atoms with Gasteiger partial charge in [0.2, 0.25) is 35.4 Å². The quantitative estimate of drug-likeness (QED) is 0.0508. The van der Waals surface area contributed by atoms with Crippen molar-refractivity contribution in [2.75, 3.05) is 27.2 Å². The molecule has 8 amide bonds. The predicted octanol–water partition coefficient (Wildman–Crippen LogP) is 6.49. The Hall–Kier alpha value is -7.44. The van der Waals surface area contributed by atoms with Gasteiger partial charge in [-0.15, -0.1) is 0 Å². The van der Waals surface area contributed by atoms with Gasteiger partial charge >= 0.3 is 0 Å². The molecule has 2 heterocycles. The summed E-state index contributed by atoms with van der Waals surface area (Å²) in [5.41, 5.74) is 6.94. The van der Waals surface area contributed by atoms with Crippen molar-refractivity contribution in [1.29, 1.82) is 0 Å². The molecule has 0 spiro atoms. The largest absolute Gasteiger partial charge is 0.347 e. The number of hydrogen-bond acceptors (Lipinski definition) is 10.